The van der Waals surface area contributed by atoms with Crippen LogP contribution in [0.15, 0.2) is 33.7 Å². The quantitative estimate of drug-likeness (QED) is 0.751. The molecule has 0 saturated carbocycles. The number of anilines is 1. The third kappa shape index (κ3) is 4.51. The highest BCUT2D eigenvalue weighted by atomic mass is 32.2. The van der Waals surface area contributed by atoms with Crippen molar-refractivity contribution in [1.29, 1.82) is 0 Å². The molecule has 0 aliphatic carbocycles. The number of alkyl halides is 2. The van der Waals surface area contributed by atoms with Gasteiger partial charge in [0.05, 0.1) is 24.7 Å². The standard InChI is InChI=1S/C16H18F2N4O5S/c1-10-19-15(27-21-10)13-9-26-7-6-22(13)8-14(23)20-11-2-4-12(5-3-11)28(24,25)16(17)18/h2-5,13,16H,6-9H2,1H3,(H,20,23)/t13-/m1/s1. The van der Waals surface area contributed by atoms with E-state index in [0.29, 0.717) is 31.5 Å². The topological polar surface area (TPSA) is 115 Å². The summed E-state index contributed by atoms with van der Waals surface area (Å²) in [4.78, 5) is 17.8. The van der Waals surface area contributed by atoms with Gasteiger partial charge < -0.3 is 14.6 Å². The number of hydrogen-bond donors (Lipinski definition) is 1. The molecule has 1 aliphatic rings. The van der Waals surface area contributed by atoms with Crippen LogP contribution in [0, 0.1) is 6.92 Å². The molecule has 12 heteroatoms. The maximum Gasteiger partial charge on any atom is 0.341 e. The maximum absolute atomic E-state index is 12.6. The van der Waals surface area contributed by atoms with Crippen LogP contribution >= 0.6 is 0 Å². The number of aryl methyl sites for hydroxylation is 1. The van der Waals surface area contributed by atoms with Gasteiger partial charge >= 0.3 is 5.76 Å². The van der Waals surface area contributed by atoms with Gasteiger partial charge in [-0.15, -0.1) is 0 Å². The van der Waals surface area contributed by atoms with Crippen molar-refractivity contribution >= 4 is 21.4 Å². The molecule has 2 aromatic rings. The molecule has 1 aromatic heterocycles. The number of morpholine rings is 1. The number of sulfone groups is 1. The molecule has 1 atom stereocenters. The number of benzene rings is 1. The Bertz CT molecular complexity index is 933. The molecule has 1 saturated heterocycles. The summed E-state index contributed by atoms with van der Waals surface area (Å²) < 4.78 is 58.6. The van der Waals surface area contributed by atoms with Gasteiger partial charge in [0.15, 0.2) is 5.82 Å². The van der Waals surface area contributed by atoms with Crippen molar-refractivity contribution in [2.75, 3.05) is 31.6 Å². The highest BCUT2D eigenvalue weighted by Crippen LogP contribution is 2.23. The number of halogens is 2. The van der Waals surface area contributed by atoms with Crippen molar-refractivity contribution in [3.05, 3.63) is 36.0 Å². The first-order chi connectivity index (χ1) is 13.3. The Hall–Kier alpha value is -2.44. The lowest BCUT2D eigenvalue weighted by Gasteiger charge is -2.32. The highest BCUT2D eigenvalue weighted by molar-refractivity contribution is 7.91. The summed E-state index contributed by atoms with van der Waals surface area (Å²) in [6.45, 7) is 2.91. The zero-order valence-electron chi connectivity index (χ0n) is 14.8. The van der Waals surface area contributed by atoms with Crippen molar-refractivity contribution in [2.45, 2.75) is 23.6 Å². The molecular weight excluding hydrogens is 398 g/mol. The van der Waals surface area contributed by atoms with Crippen LogP contribution in [0.25, 0.3) is 0 Å². The Kier molecular flexibility index (Phi) is 6.01. The summed E-state index contributed by atoms with van der Waals surface area (Å²) in [5, 5.41) is 6.35. The number of amides is 1. The van der Waals surface area contributed by atoms with Gasteiger partial charge in [0, 0.05) is 12.2 Å². The largest absolute Gasteiger partial charge is 0.378 e. The summed E-state index contributed by atoms with van der Waals surface area (Å²) in [6, 6.07) is 4.20. The average Bonchev–Trinajstić information content (AvgIpc) is 3.08. The third-order valence-corrected chi connectivity index (χ3v) is 5.51. The van der Waals surface area contributed by atoms with E-state index >= 15 is 0 Å². The molecule has 9 nitrogen and oxygen atoms in total. The van der Waals surface area contributed by atoms with Crippen LogP contribution in [-0.4, -0.2) is 61.4 Å². The van der Waals surface area contributed by atoms with Crippen LogP contribution in [0.4, 0.5) is 14.5 Å². The lowest BCUT2D eigenvalue weighted by atomic mass is 10.2. The first-order valence-corrected chi connectivity index (χ1v) is 9.86. The fourth-order valence-corrected chi connectivity index (χ4v) is 3.44. The van der Waals surface area contributed by atoms with E-state index in [-0.39, 0.29) is 24.2 Å². The molecule has 1 N–H and O–H groups in total. The van der Waals surface area contributed by atoms with Gasteiger partial charge in [-0.25, -0.2) is 8.42 Å². The minimum Gasteiger partial charge on any atom is -0.378 e. The van der Waals surface area contributed by atoms with Crippen LogP contribution in [0.5, 0.6) is 0 Å². The summed E-state index contributed by atoms with van der Waals surface area (Å²) in [7, 11) is -4.67. The predicted octanol–water partition coefficient (Wildman–Crippen LogP) is 1.39. The molecule has 2 heterocycles. The number of carbonyl (C=O) groups excluding carboxylic acids is 1. The van der Waals surface area contributed by atoms with Gasteiger partial charge in [-0.05, 0) is 31.2 Å². The second kappa shape index (κ2) is 8.29. The Labute approximate surface area is 159 Å². The van der Waals surface area contributed by atoms with Crippen LogP contribution in [-0.2, 0) is 19.4 Å². The fraction of sp³-hybridized carbons (Fsp3) is 0.438. The zero-order chi connectivity index (χ0) is 20.3. The van der Waals surface area contributed by atoms with E-state index in [9.17, 15) is 22.0 Å². The summed E-state index contributed by atoms with van der Waals surface area (Å²) in [5.41, 5.74) is 0.289. The number of carbonyl (C=O) groups is 1. The van der Waals surface area contributed by atoms with Crippen molar-refractivity contribution < 1.29 is 31.3 Å². The SMILES string of the molecule is Cc1noc([C@H]2COCCN2CC(=O)Nc2ccc(S(=O)(=O)C(F)F)cc2)n1. The lowest BCUT2D eigenvalue weighted by molar-refractivity contribution is -0.120. The van der Waals surface area contributed by atoms with E-state index in [1.807, 2.05) is 4.90 Å². The van der Waals surface area contributed by atoms with E-state index in [1.165, 1.54) is 12.1 Å². The lowest BCUT2D eigenvalue weighted by Crippen LogP contribution is -2.43. The number of hydrogen-bond acceptors (Lipinski definition) is 8. The number of rotatable bonds is 6. The first kappa shape index (κ1) is 20.3. The molecule has 0 radical (unpaired) electrons. The summed E-state index contributed by atoms with van der Waals surface area (Å²) in [5.74, 6) is -3.04. The Morgan fingerprint density at radius 1 is 1.36 bits per heavy atom. The van der Waals surface area contributed by atoms with Crippen LogP contribution in [0.1, 0.15) is 17.8 Å². The highest BCUT2D eigenvalue weighted by Gasteiger charge is 2.31. The average molecular weight is 416 g/mol. The second-order valence-electron chi connectivity index (χ2n) is 6.12. The molecule has 1 aliphatic heterocycles. The van der Waals surface area contributed by atoms with Crippen LogP contribution < -0.4 is 5.32 Å². The van der Waals surface area contributed by atoms with E-state index in [4.69, 9.17) is 9.26 Å². The number of aromatic nitrogens is 2. The van der Waals surface area contributed by atoms with Crippen LogP contribution in [0.2, 0.25) is 0 Å². The van der Waals surface area contributed by atoms with Crippen molar-refractivity contribution in [3.8, 4) is 0 Å². The van der Waals surface area contributed by atoms with E-state index in [0.717, 1.165) is 12.1 Å². The Morgan fingerprint density at radius 3 is 2.68 bits per heavy atom. The fourth-order valence-electron chi connectivity index (χ4n) is 2.72. The van der Waals surface area contributed by atoms with Gasteiger partial charge in [-0.1, -0.05) is 5.16 Å². The van der Waals surface area contributed by atoms with E-state index < -0.39 is 20.5 Å². The van der Waals surface area contributed by atoms with E-state index in [2.05, 4.69) is 15.5 Å². The number of nitrogens with one attached hydrogen (secondary N) is 1. The first-order valence-electron chi connectivity index (χ1n) is 8.31. The van der Waals surface area contributed by atoms with Crippen LogP contribution in [0.3, 0.4) is 0 Å². The van der Waals surface area contributed by atoms with Gasteiger partial charge in [-0.3, -0.25) is 9.69 Å². The molecule has 1 aromatic carbocycles. The molecule has 1 fully saturated rings. The molecule has 28 heavy (non-hydrogen) atoms. The van der Waals surface area contributed by atoms with Gasteiger partial charge in [-0.2, -0.15) is 13.8 Å². The Balaban J connectivity index is 1.64. The molecule has 0 unspecified atom stereocenters. The normalized spacial score (nSPS) is 18.4. The van der Waals surface area contributed by atoms with E-state index in [1.54, 1.807) is 6.92 Å². The smallest absolute Gasteiger partial charge is 0.341 e. The zero-order valence-corrected chi connectivity index (χ0v) is 15.7. The molecule has 3 rings (SSSR count). The number of nitrogens with zero attached hydrogens (tertiary/aromatic N) is 3. The van der Waals surface area contributed by atoms with Gasteiger partial charge in [0.25, 0.3) is 0 Å². The predicted molar refractivity (Wildman–Crippen MR) is 92.4 cm³/mol. The maximum atomic E-state index is 12.6. The minimum atomic E-state index is -4.67. The monoisotopic (exact) mass is 416 g/mol. The molecule has 1 amide bonds. The molecular formula is C16H18F2N4O5S. The van der Waals surface area contributed by atoms with Crippen molar-refractivity contribution in [2.24, 2.45) is 0 Å². The van der Waals surface area contributed by atoms with Gasteiger partial charge in [0.2, 0.25) is 21.6 Å². The van der Waals surface area contributed by atoms with Gasteiger partial charge in [0.1, 0.15) is 6.04 Å². The summed E-state index contributed by atoms with van der Waals surface area (Å²) in [6.07, 6.45) is 0. The van der Waals surface area contributed by atoms with Crippen molar-refractivity contribution in [1.82, 2.24) is 15.0 Å². The summed E-state index contributed by atoms with van der Waals surface area (Å²) >= 11 is 0. The molecule has 0 spiro atoms. The van der Waals surface area contributed by atoms with Crippen molar-refractivity contribution in [3.63, 3.8) is 0 Å². The second-order valence-corrected chi connectivity index (χ2v) is 8.04. The Morgan fingerprint density at radius 2 is 2.07 bits per heavy atom. The third-order valence-electron chi connectivity index (χ3n) is 4.12. The molecule has 152 valence electrons. The molecule has 0 bridgehead atoms. The number of ether oxygens (including phenoxy) is 1. The minimum absolute atomic E-state index is 0.00649.